The highest BCUT2D eigenvalue weighted by Crippen LogP contribution is 2.35. The minimum atomic E-state index is -1.78. The van der Waals surface area contributed by atoms with Crippen LogP contribution in [0.5, 0.6) is 5.75 Å². The second-order valence-electron chi connectivity index (χ2n) is 19.4. The zero-order valence-electron chi connectivity index (χ0n) is 41.2. The SMILES string of the molecule is CC[C@@H](OC(=O)[C@H](C)[C@@H](O)[C@H](C)[C@@H](O[C@@H]1O[C@H](C)C[C@H](N(C)Cc2ccc(-c3cn(CCCCCCCn4cccc(O)c4=O)nn3)cc2)[C@@H]1O)[C@](C)(O)CC)[C@@](C)(O)[C@H](O)[C@@H](C)N(C)C. The van der Waals surface area contributed by atoms with Crippen molar-refractivity contribution in [2.45, 2.75) is 193 Å². The number of unbranched alkanes of at least 4 members (excludes halogenated alkanes) is 4. The summed E-state index contributed by atoms with van der Waals surface area (Å²) in [4.78, 5) is 29.3. The molecule has 0 radical (unpaired) electrons. The fourth-order valence-corrected chi connectivity index (χ4v) is 8.87. The molecule has 0 spiro atoms. The number of hydrogen-bond donors (Lipinski definition) is 6. The number of ether oxygens (including phenoxy) is 3. The molecule has 2 aromatic heterocycles. The lowest BCUT2D eigenvalue weighted by Gasteiger charge is -2.46. The number of likely N-dealkylation sites (N-methyl/N-ethyl adjacent to an activating group) is 2. The van der Waals surface area contributed by atoms with Gasteiger partial charge >= 0.3 is 5.97 Å². The Morgan fingerprint density at radius 1 is 0.985 bits per heavy atom. The van der Waals surface area contributed by atoms with E-state index in [1.807, 2.05) is 49.1 Å². The fraction of sp³-hybridized carbons (Fsp3) is 0.714. The van der Waals surface area contributed by atoms with Gasteiger partial charge in [-0.25, -0.2) is 0 Å². The van der Waals surface area contributed by atoms with Crippen molar-refractivity contribution in [2.75, 3.05) is 21.1 Å². The Hall–Kier alpha value is -3.78. The molecule has 0 bridgehead atoms. The Kier molecular flexibility index (Phi) is 20.3. The summed E-state index contributed by atoms with van der Waals surface area (Å²) < 4.78 is 21.8. The maximum absolute atomic E-state index is 13.6. The molecule has 66 heavy (non-hydrogen) atoms. The highest BCUT2D eigenvalue weighted by molar-refractivity contribution is 5.73. The van der Waals surface area contributed by atoms with Gasteiger partial charge in [-0.3, -0.25) is 19.2 Å². The van der Waals surface area contributed by atoms with Gasteiger partial charge in [-0.05, 0) is 106 Å². The van der Waals surface area contributed by atoms with E-state index in [1.54, 1.807) is 70.4 Å². The zero-order chi connectivity index (χ0) is 49.1. The minimum Gasteiger partial charge on any atom is -0.503 e. The van der Waals surface area contributed by atoms with Gasteiger partial charge in [-0.15, -0.1) is 5.10 Å². The Labute approximate surface area is 391 Å². The van der Waals surface area contributed by atoms with Crippen LogP contribution in [0.1, 0.15) is 112 Å². The summed E-state index contributed by atoms with van der Waals surface area (Å²) in [6.07, 6.45) is 2.12. The first-order chi connectivity index (χ1) is 31.0. The van der Waals surface area contributed by atoms with E-state index in [2.05, 4.69) is 15.2 Å². The second-order valence-corrected chi connectivity index (χ2v) is 19.4. The number of rotatable bonds is 26. The summed E-state index contributed by atoms with van der Waals surface area (Å²) in [7, 11) is 5.48. The van der Waals surface area contributed by atoms with Gasteiger partial charge in [0, 0.05) is 49.4 Å². The lowest BCUT2D eigenvalue weighted by Crippen LogP contribution is -2.59. The minimum absolute atomic E-state index is 0.214. The first-order valence-corrected chi connectivity index (χ1v) is 23.8. The number of benzene rings is 1. The summed E-state index contributed by atoms with van der Waals surface area (Å²) in [6, 6.07) is 10.3. The van der Waals surface area contributed by atoms with Gasteiger partial charge in [-0.2, -0.15) is 0 Å². The van der Waals surface area contributed by atoms with E-state index in [1.165, 1.54) is 19.9 Å². The van der Waals surface area contributed by atoms with Crippen LogP contribution in [0.3, 0.4) is 0 Å². The largest absolute Gasteiger partial charge is 0.503 e. The van der Waals surface area contributed by atoms with Crippen LogP contribution in [0.25, 0.3) is 11.3 Å². The van der Waals surface area contributed by atoms with Crippen molar-refractivity contribution in [1.82, 2.24) is 29.4 Å². The molecule has 13 atom stereocenters. The van der Waals surface area contributed by atoms with Crippen molar-refractivity contribution in [1.29, 1.82) is 0 Å². The van der Waals surface area contributed by atoms with Crippen LogP contribution in [0, 0.1) is 11.8 Å². The Balaban J connectivity index is 1.33. The molecule has 3 heterocycles. The molecule has 6 N–H and O–H groups in total. The van der Waals surface area contributed by atoms with Gasteiger partial charge in [0.1, 0.15) is 29.6 Å². The molecule has 1 fully saturated rings. The second kappa shape index (κ2) is 24.5. The molecule has 1 aliphatic heterocycles. The van der Waals surface area contributed by atoms with Crippen molar-refractivity contribution in [3.63, 3.8) is 0 Å². The number of aromatic hydroxyl groups is 1. The average Bonchev–Trinajstić information content (AvgIpc) is 3.76. The predicted octanol–water partition coefficient (Wildman–Crippen LogP) is 4.32. The monoisotopic (exact) mass is 929 g/mol. The maximum atomic E-state index is 13.6. The molecule has 1 aliphatic rings. The number of nitrogens with zero attached hydrogens (tertiary/aromatic N) is 6. The fourth-order valence-electron chi connectivity index (χ4n) is 8.87. The van der Waals surface area contributed by atoms with Gasteiger partial charge in [0.25, 0.3) is 5.56 Å². The van der Waals surface area contributed by atoms with Crippen molar-refractivity contribution in [3.05, 3.63) is 64.7 Å². The number of aliphatic hydroxyl groups is 5. The van der Waals surface area contributed by atoms with Crippen molar-refractivity contribution >= 4 is 5.97 Å². The van der Waals surface area contributed by atoms with Gasteiger partial charge in [0.15, 0.2) is 12.0 Å². The first-order valence-electron chi connectivity index (χ1n) is 23.8. The van der Waals surface area contributed by atoms with Crippen molar-refractivity contribution in [2.24, 2.45) is 11.8 Å². The molecule has 0 saturated carbocycles. The zero-order valence-corrected chi connectivity index (χ0v) is 41.2. The number of esters is 1. The van der Waals surface area contributed by atoms with Gasteiger partial charge in [0.2, 0.25) is 0 Å². The molecule has 0 aliphatic carbocycles. The van der Waals surface area contributed by atoms with E-state index < -0.39 is 71.9 Å². The number of pyridine rings is 1. The highest BCUT2D eigenvalue weighted by atomic mass is 16.7. The van der Waals surface area contributed by atoms with Crippen LogP contribution in [-0.2, 0) is 38.6 Å². The van der Waals surface area contributed by atoms with E-state index in [0.29, 0.717) is 19.5 Å². The molecule has 3 aromatic rings. The highest BCUT2D eigenvalue weighted by Gasteiger charge is 2.48. The third-order valence-corrected chi connectivity index (χ3v) is 13.8. The summed E-state index contributed by atoms with van der Waals surface area (Å²) in [5.41, 5.74) is -0.914. The summed E-state index contributed by atoms with van der Waals surface area (Å²) >= 11 is 0. The topological polar surface area (TPSA) is 225 Å². The molecular formula is C49H80N6O11. The number of hydrogen-bond acceptors (Lipinski definition) is 15. The molecule has 0 unspecified atom stereocenters. The van der Waals surface area contributed by atoms with E-state index in [4.69, 9.17) is 14.2 Å². The predicted molar refractivity (Wildman–Crippen MR) is 251 cm³/mol. The number of aliphatic hydroxyl groups excluding tert-OH is 3. The number of carbonyl (C=O) groups excluding carboxylic acids is 1. The molecule has 0 amide bonds. The van der Waals surface area contributed by atoms with Gasteiger partial charge < -0.3 is 54.3 Å². The smallest absolute Gasteiger partial charge is 0.311 e. The maximum Gasteiger partial charge on any atom is 0.311 e. The summed E-state index contributed by atoms with van der Waals surface area (Å²) in [6.45, 7) is 15.2. The van der Waals surface area contributed by atoms with Crippen LogP contribution >= 0.6 is 0 Å². The number of aryl methyl sites for hydroxylation is 2. The van der Waals surface area contributed by atoms with Crippen LogP contribution < -0.4 is 5.56 Å². The van der Waals surface area contributed by atoms with Crippen LogP contribution in [0.2, 0.25) is 0 Å². The van der Waals surface area contributed by atoms with Crippen molar-refractivity contribution < 1.29 is 49.6 Å². The molecular weight excluding hydrogens is 849 g/mol. The Bertz CT molecular complexity index is 1990. The Morgan fingerprint density at radius 3 is 2.24 bits per heavy atom. The molecule has 17 heteroatoms. The molecule has 372 valence electrons. The van der Waals surface area contributed by atoms with Crippen molar-refractivity contribution in [3.8, 4) is 17.0 Å². The first kappa shape index (κ1) is 54.8. The molecule has 1 aromatic carbocycles. The lowest BCUT2D eigenvalue weighted by molar-refractivity contribution is -0.299. The molecule has 1 saturated heterocycles. The number of carbonyl (C=O) groups is 1. The van der Waals surface area contributed by atoms with E-state index in [0.717, 1.165) is 55.5 Å². The van der Waals surface area contributed by atoms with Crippen LogP contribution in [0.4, 0.5) is 0 Å². The van der Waals surface area contributed by atoms with E-state index >= 15 is 0 Å². The number of aromatic nitrogens is 4. The molecule has 17 nitrogen and oxygen atoms in total. The third-order valence-electron chi connectivity index (χ3n) is 13.8. The standard InChI is InChI=1S/C49H80N6O11/c1-12-40(49(8,63)43(59)34(6)52(9)10)65-46(61)33(5)41(57)32(4)44(48(7,62)13-2)66-47-42(58)38(28-31(3)64-47)53(11)29-35-21-23-36(24-22-35)37-30-55(51-50-37)27-18-16-14-15-17-25-54-26-19-20-39(56)45(54)60/h19-24,26,30-34,38,40-44,47,56-59,62-63H,12-18,25,27-29H2,1-11H3/t31-,32+,33-,34-,38+,40-,41+,42+,43-,44-,47+,48-,49-/m1/s1. The van der Waals surface area contributed by atoms with Gasteiger partial charge in [0.05, 0.1) is 36.0 Å². The summed E-state index contributed by atoms with van der Waals surface area (Å²) in [5, 5.41) is 75.8. The van der Waals surface area contributed by atoms with E-state index in [9.17, 15) is 40.2 Å². The summed E-state index contributed by atoms with van der Waals surface area (Å²) in [5.74, 6) is -2.95. The van der Waals surface area contributed by atoms with Crippen LogP contribution in [0.15, 0.2) is 53.6 Å². The average molecular weight is 929 g/mol. The molecule has 4 rings (SSSR count). The van der Waals surface area contributed by atoms with Gasteiger partial charge in [-0.1, -0.05) is 69.5 Å². The third kappa shape index (κ3) is 14.1. The quantitative estimate of drug-likeness (QED) is 0.0487. The normalized spacial score (nSPS) is 23.1. The van der Waals surface area contributed by atoms with E-state index in [-0.39, 0.29) is 36.3 Å². The lowest BCUT2D eigenvalue weighted by atomic mass is 9.80. The van der Waals surface area contributed by atoms with Crippen LogP contribution in [-0.4, -0.2) is 153 Å². The Morgan fingerprint density at radius 2 is 1.62 bits per heavy atom.